The fourth-order valence-corrected chi connectivity index (χ4v) is 1.45. The molecule has 0 radical (unpaired) electrons. The molecule has 5 nitrogen and oxygen atoms in total. The number of hydrogen-bond donors (Lipinski definition) is 1. The molecule has 17 heavy (non-hydrogen) atoms. The molecule has 96 valence electrons. The molecule has 0 fully saturated rings. The van der Waals surface area contributed by atoms with E-state index >= 15 is 0 Å². The molecule has 0 saturated heterocycles. The highest BCUT2D eigenvalue weighted by Crippen LogP contribution is 2.15. The molecular formula is C9H12F2N2O3S. The third kappa shape index (κ3) is 4.63. The maximum atomic E-state index is 11.9. The maximum Gasteiger partial charge on any atom is 0.387 e. The molecule has 0 aliphatic heterocycles. The van der Waals surface area contributed by atoms with Gasteiger partial charge in [-0.2, -0.15) is 21.5 Å². The molecule has 0 aliphatic carbocycles. The van der Waals surface area contributed by atoms with Crippen molar-refractivity contribution in [2.75, 3.05) is 7.05 Å². The van der Waals surface area contributed by atoms with E-state index in [9.17, 15) is 17.2 Å². The molecule has 2 N–H and O–H groups in total. The van der Waals surface area contributed by atoms with Crippen LogP contribution in [0.25, 0.3) is 0 Å². The van der Waals surface area contributed by atoms with Crippen LogP contribution in [0.4, 0.5) is 8.78 Å². The molecule has 0 amide bonds. The Kier molecular flexibility index (Phi) is 4.38. The van der Waals surface area contributed by atoms with Gasteiger partial charge in [-0.15, -0.1) is 0 Å². The van der Waals surface area contributed by atoms with Crippen LogP contribution < -0.4 is 9.88 Å². The van der Waals surface area contributed by atoms with Crippen molar-refractivity contribution >= 4 is 10.2 Å². The van der Waals surface area contributed by atoms with Gasteiger partial charge in [-0.25, -0.2) is 5.14 Å². The first-order valence-electron chi connectivity index (χ1n) is 4.57. The topological polar surface area (TPSA) is 72.6 Å². The van der Waals surface area contributed by atoms with E-state index in [1.165, 1.54) is 31.3 Å². The number of nitrogens with two attached hydrogens (primary N) is 1. The van der Waals surface area contributed by atoms with E-state index < -0.39 is 16.8 Å². The van der Waals surface area contributed by atoms with Crippen LogP contribution in [0.2, 0.25) is 0 Å². The summed E-state index contributed by atoms with van der Waals surface area (Å²) in [6, 6.07) is 5.63. The lowest BCUT2D eigenvalue weighted by Crippen LogP contribution is -2.32. The van der Waals surface area contributed by atoms with E-state index in [1.807, 2.05) is 0 Å². The van der Waals surface area contributed by atoms with Gasteiger partial charge in [0.25, 0.3) is 10.2 Å². The normalized spacial score (nSPS) is 12.1. The summed E-state index contributed by atoms with van der Waals surface area (Å²) in [5.74, 6) is 0.0157. The van der Waals surface area contributed by atoms with Crippen LogP contribution in [0.1, 0.15) is 5.56 Å². The predicted octanol–water partition coefficient (Wildman–Crippen LogP) is 0.923. The number of halogens is 2. The third-order valence-corrected chi connectivity index (χ3v) is 2.99. The molecule has 0 spiro atoms. The zero-order valence-electron chi connectivity index (χ0n) is 9.01. The summed E-state index contributed by atoms with van der Waals surface area (Å²) >= 11 is 0. The molecule has 1 aromatic rings. The first kappa shape index (κ1) is 13.8. The Bertz CT molecular complexity index is 462. The van der Waals surface area contributed by atoms with Crippen molar-refractivity contribution in [2.45, 2.75) is 13.2 Å². The first-order valence-corrected chi connectivity index (χ1v) is 6.07. The summed E-state index contributed by atoms with van der Waals surface area (Å²) in [7, 11) is -2.43. The lowest BCUT2D eigenvalue weighted by Gasteiger charge is -2.13. The zero-order chi connectivity index (χ0) is 13.1. The van der Waals surface area contributed by atoms with Gasteiger partial charge in [-0.3, -0.25) is 0 Å². The minimum atomic E-state index is -3.75. The van der Waals surface area contributed by atoms with Crippen LogP contribution in [0.5, 0.6) is 5.75 Å². The van der Waals surface area contributed by atoms with E-state index in [1.54, 1.807) is 0 Å². The molecule has 8 heteroatoms. The fraction of sp³-hybridized carbons (Fsp3) is 0.333. The Balaban J connectivity index is 2.69. The minimum Gasteiger partial charge on any atom is -0.435 e. The molecule has 0 atom stereocenters. The standard InChI is InChI=1S/C9H12F2N2O3S/c1-13(17(12,14)15)6-7-2-4-8(5-3-7)16-9(10)11/h2-5,9H,6H2,1H3,(H2,12,14,15). The number of benzene rings is 1. The number of alkyl halides is 2. The maximum absolute atomic E-state index is 11.9. The van der Waals surface area contributed by atoms with E-state index in [0.717, 1.165) is 4.31 Å². The lowest BCUT2D eigenvalue weighted by atomic mass is 10.2. The highest BCUT2D eigenvalue weighted by atomic mass is 32.2. The van der Waals surface area contributed by atoms with Crippen molar-refractivity contribution in [3.63, 3.8) is 0 Å². The second-order valence-corrected chi connectivity index (χ2v) is 4.98. The van der Waals surface area contributed by atoms with Crippen LogP contribution in [0.3, 0.4) is 0 Å². The Morgan fingerprint density at radius 2 is 1.88 bits per heavy atom. The van der Waals surface area contributed by atoms with Gasteiger partial charge in [0.05, 0.1) is 0 Å². The van der Waals surface area contributed by atoms with Crippen molar-refractivity contribution in [1.29, 1.82) is 0 Å². The predicted molar refractivity (Wildman–Crippen MR) is 57.6 cm³/mol. The number of hydrogen-bond acceptors (Lipinski definition) is 3. The van der Waals surface area contributed by atoms with E-state index in [0.29, 0.717) is 5.56 Å². The SMILES string of the molecule is CN(Cc1ccc(OC(F)F)cc1)S(N)(=O)=O. The first-order chi connectivity index (χ1) is 7.79. The van der Waals surface area contributed by atoms with Crippen molar-refractivity contribution < 1.29 is 21.9 Å². The van der Waals surface area contributed by atoms with Gasteiger partial charge in [0, 0.05) is 13.6 Å². The van der Waals surface area contributed by atoms with Crippen LogP contribution in [0, 0.1) is 0 Å². The molecule has 0 unspecified atom stereocenters. The summed E-state index contributed by atoms with van der Waals surface area (Å²) in [6.45, 7) is -2.82. The average Bonchev–Trinajstić information content (AvgIpc) is 2.18. The van der Waals surface area contributed by atoms with Gasteiger partial charge in [0.1, 0.15) is 5.75 Å². The number of rotatable bonds is 5. The highest BCUT2D eigenvalue weighted by Gasteiger charge is 2.12. The van der Waals surface area contributed by atoms with Gasteiger partial charge in [-0.1, -0.05) is 12.1 Å². The summed E-state index contributed by atoms with van der Waals surface area (Å²) in [5, 5.41) is 4.90. The third-order valence-electron chi connectivity index (χ3n) is 1.99. The quantitative estimate of drug-likeness (QED) is 0.861. The van der Waals surface area contributed by atoms with Gasteiger partial charge in [0.2, 0.25) is 0 Å². The highest BCUT2D eigenvalue weighted by molar-refractivity contribution is 7.86. The van der Waals surface area contributed by atoms with Crippen molar-refractivity contribution in [3.05, 3.63) is 29.8 Å². The number of ether oxygens (including phenoxy) is 1. The van der Waals surface area contributed by atoms with Crippen molar-refractivity contribution in [2.24, 2.45) is 5.14 Å². The second-order valence-electron chi connectivity index (χ2n) is 3.32. The summed E-state index contributed by atoms with van der Waals surface area (Å²) < 4.78 is 50.7. The second kappa shape index (κ2) is 5.39. The van der Waals surface area contributed by atoms with E-state index in [4.69, 9.17) is 5.14 Å². The average molecular weight is 266 g/mol. The van der Waals surface area contributed by atoms with Crippen LogP contribution in [-0.2, 0) is 16.8 Å². The molecule has 1 aromatic carbocycles. The zero-order valence-corrected chi connectivity index (χ0v) is 9.82. The smallest absolute Gasteiger partial charge is 0.387 e. The van der Waals surface area contributed by atoms with Crippen LogP contribution in [-0.4, -0.2) is 26.4 Å². The summed E-state index contributed by atoms with van der Waals surface area (Å²) in [5.41, 5.74) is 0.614. The minimum absolute atomic E-state index is 0.0157. The molecule has 1 rings (SSSR count). The van der Waals surface area contributed by atoms with Gasteiger partial charge < -0.3 is 4.74 Å². The fourth-order valence-electron chi connectivity index (χ4n) is 1.12. The van der Waals surface area contributed by atoms with Gasteiger partial charge >= 0.3 is 6.61 Å². The van der Waals surface area contributed by atoms with Crippen LogP contribution >= 0.6 is 0 Å². The van der Waals surface area contributed by atoms with E-state index in [-0.39, 0.29) is 12.3 Å². The molecule has 0 aromatic heterocycles. The van der Waals surface area contributed by atoms with Crippen molar-refractivity contribution in [1.82, 2.24) is 4.31 Å². The van der Waals surface area contributed by atoms with Gasteiger partial charge in [0.15, 0.2) is 0 Å². The largest absolute Gasteiger partial charge is 0.435 e. The van der Waals surface area contributed by atoms with E-state index in [2.05, 4.69) is 4.74 Å². The molecular weight excluding hydrogens is 254 g/mol. The van der Waals surface area contributed by atoms with Crippen LogP contribution in [0.15, 0.2) is 24.3 Å². The Morgan fingerprint density at radius 1 is 1.35 bits per heavy atom. The molecule has 0 saturated carbocycles. The number of nitrogens with zero attached hydrogens (tertiary/aromatic N) is 1. The van der Waals surface area contributed by atoms with Crippen molar-refractivity contribution in [3.8, 4) is 5.75 Å². The molecule has 0 aliphatic rings. The summed E-state index contributed by atoms with van der Waals surface area (Å²) in [6.07, 6.45) is 0. The summed E-state index contributed by atoms with van der Waals surface area (Å²) in [4.78, 5) is 0. The Morgan fingerprint density at radius 3 is 2.29 bits per heavy atom. The monoisotopic (exact) mass is 266 g/mol. The lowest BCUT2D eigenvalue weighted by molar-refractivity contribution is -0.0498. The molecule has 0 heterocycles. The van der Waals surface area contributed by atoms with Gasteiger partial charge in [-0.05, 0) is 17.7 Å². The molecule has 0 bridgehead atoms. The Labute approximate surface area is 98.0 Å². The Hall–Kier alpha value is -1.25.